The minimum atomic E-state index is -0.442. The zero-order valence-electron chi connectivity index (χ0n) is 14.3. The zero-order chi connectivity index (χ0) is 18.4. The normalized spacial score (nSPS) is 14.7. The van der Waals surface area contributed by atoms with Gasteiger partial charge in [0.15, 0.2) is 5.11 Å². The van der Waals surface area contributed by atoms with Crippen LogP contribution in [-0.4, -0.2) is 58.7 Å². The topological polar surface area (TPSA) is 88.0 Å². The third-order valence-corrected chi connectivity index (χ3v) is 4.59. The van der Waals surface area contributed by atoms with Crippen LogP contribution >= 0.6 is 12.2 Å². The highest BCUT2D eigenvalue weighted by molar-refractivity contribution is 7.80. The van der Waals surface area contributed by atoms with Crippen molar-refractivity contribution in [1.82, 2.24) is 9.80 Å². The van der Waals surface area contributed by atoms with Gasteiger partial charge < -0.3 is 19.9 Å². The van der Waals surface area contributed by atoms with Crippen molar-refractivity contribution in [1.29, 1.82) is 0 Å². The molecule has 8 nitrogen and oxygen atoms in total. The fourth-order valence-corrected chi connectivity index (χ4v) is 3.02. The summed E-state index contributed by atoms with van der Waals surface area (Å²) in [7, 11) is 1.86. The summed E-state index contributed by atoms with van der Waals surface area (Å²) in [5, 5.41) is 14.5. The molecule has 0 bridgehead atoms. The van der Waals surface area contributed by atoms with Crippen molar-refractivity contribution in [2.75, 3.05) is 32.1 Å². The summed E-state index contributed by atoms with van der Waals surface area (Å²) in [4.78, 5) is 26.0. The molecule has 1 fully saturated rings. The number of ether oxygens (including phenoxy) is 1. The summed E-state index contributed by atoms with van der Waals surface area (Å²) in [5.74, 6) is 0. The maximum Gasteiger partial charge on any atom is 0.409 e. The minimum absolute atomic E-state index is 0.0182. The van der Waals surface area contributed by atoms with E-state index in [1.54, 1.807) is 30.0 Å². The maximum absolute atomic E-state index is 11.7. The number of hydrogen-bond acceptors (Lipinski definition) is 5. The maximum atomic E-state index is 11.7. The first-order chi connectivity index (χ1) is 11.9. The van der Waals surface area contributed by atoms with Gasteiger partial charge in [0.25, 0.3) is 5.69 Å². The molecule has 1 aliphatic heterocycles. The van der Waals surface area contributed by atoms with E-state index in [0.29, 0.717) is 30.5 Å². The average molecular weight is 366 g/mol. The van der Waals surface area contributed by atoms with Crippen molar-refractivity contribution in [3.05, 3.63) is 34.4 Å². The third kappa shape index (κ3) is 4.79. The lowest BCUT2D eigenvalue weighted by atomic mass is 10.0. The van der Waals surface area contributed by atoms with Crippen LogP contribution < -0.4 is 5.32 Å². The predicted molar refractivity (Wildman–Crippen MR) is 98.7 cm³/mol. The Morgan fingerprint density at radius 1 is 1.44 bits per heavy atom. The molecule has 0 spiro atoms. The van der Waals surface area contributed by atoms with E-state index < -0.39 is 4.92 Å². The molecule has 1 N–H and O–H groups in total. The van der Waals surface area contributed by atoms with Crippen molar-refractivity contribution in [3.8, 4) is 0 Å². The Labute approximate surface area is 151 Å². The standard InChI is InChI=1S/C16H22N4O4S/c1-3-24-16(21)19-10-8-12(9-11-19)18(2)15(25)17-13-6-4-5-7-14(13)20(22)23/h4-7,12H,3,8-11H2,1-2H3,(H,17,25). The number of nitrogens with zero attached hydrogens (tertiary/aromatic N) is 3. The Morgan fingerprint density at radius 2 is 2.08 bits per heavy atom. The van der Waals surface area contributed by atoms with Crippen molar-refractivity contribution in [2.24, 2.45) is 0 Å². The summed E-state index contributed by atoms with van der Waals surface area (Å²) in [6.45, 7) is 3.34. The summed E-state index contributed by atoms with van der Waals surface area (Å²) < 4.78 is 5.01. The Kier molecular flexibility index (Phi) is 6.51. The lowest BCUT2D eigenvalue weighted by Crippen LogP contribution is -2.48. The molecule has 0 aromatic heterocycles. The Bertz CT molecular complexity index is 647. The Balaban J connectivity index is 1.93. The lowest BCUT2D eigenvalue weighted by Gasteiger charge is -2.37. The number of amides is 1. The van der Waals surface area contributed by atoms with Gasteiger partial charge in [-0.3, -0.25) is 10.1 Å². The van der Waals surface area contributed by atoms with Crippen molar-refractivity contribution < 1.29 is 14.5 Å². The van der Waals surface area contributed by atoms with Gasteiger partial charge in [-0.2, -0.15) is 0 Å². The van der Waals surface area contributed by atoms with Gasteiger partial charge in [-0.05, 0) is 38.0 Å². The number of carbonyl (C=O) groups excluding carboxylic acids is 1. The first-order valence-corrected chi connectivity index (χ1v) is 8.53. The van der Waals surface area contributed by atoms with Crippen molar-refractivity contribution >= 4 is 34.8 Å². The highest BCUT2D eigenvalue weighted by atomic mass is 32.1. The summed E-state index contributed by atoms with van der Waals surface area (Å²) in [6, 6.07) is 6.55. The highest BCUT2D eigenvalue weighted by Crippen LogP contribution is 2.24. The average Bonchev–Trinajstić information content (AvgIpc) is 2.61. The molecule has 1 amide bonds. The first-order valence-electron chi connectivity index (χ1n) is 8.13. The molecule has 25 heavy (non-hydrogen) atoms. The zero-order valence-corrected chi connectivity index (χ0v) is 15.1. The van der Waals surface area contributed by atoms with Gasteiger partial charge in [-0.15, -0.1) is 0 Å². The second-order valence-corrected chi connectivity index (χ2v) is 6.12. The van der Waals surface area contributed by atoms with E-state index in [2.05, 4.69) is 5.32 Å². The number of benzene rings is 1. The van der Waals surface area contributed by atoms with Crippen LogP contribution in [0.4, 0.5) is 16.2 Å². The number of likely N-dealkylation sites (tertiary alicyclic amines) is 1. The number of nitro benzene ring substituents is 1. The number of rotatable bonds is 4. The second kappa shape index (κ2) is 8.61. The summed E-state index contributed by atoms with van der Waals surface area (Å²) in [5.41, 5.74) is 0.351. The molecule has 1 saturated heterocycles. The molecule has 1 aromatic carbocycles. The van der Waals surface area contributed by atoms with E-state index in [9.17, 15) is 14.9 Å². The van der Waals surface area contributed by atoms with Crippen molar-refractivity contribution in [2.45, 2.75) is 25.8 Å². The van der Waals surface area contributed by atoms with Gasteiger partial charge in [0.05, 0.1) is 11.5 Å². The number of thiocarbonyl (C=S) groups is 1. The molecule has 2 rings (SSSR count). The largest absolute Gasteiger partial charge is 0.450 e. The van der Waals surface area contributed by atoms with Crippen LogP contribution in [0.15, 0.2) is 24.3 Å². The molecule has 136 valence electrons. The summed E-state index contributed by atoms with van der Waals surface area (Å²) in [6.07, 6.45) is 1.23. The van der Waals surface area contributed by atoms with E-state index in [1.807, 2.05) is 11.9 Å². The Morgan fingerprint density at radius 3 is 2.68 bits per heavy atom. The van der Waals surface area contributed by atoms with E-state index in [4.69, 9.17) is 17.0 Å². The number of hydrogen-bond donors (Lipinski definition) is 1. The van der Waals surface area contributed by atoms with Crippen LogP contribution in [0.25, 0.3) is 0 Å². The number of anilines is 1. The van der Waals surface area contributed by atoms with E-state index in [0.717, 1.165) is 12.8 Å². The molecule has 9 heteroatoms. The predicted octanol–water partition coefficient (Wildman–Crippen LogP) is 2.84. The molecule has 1 heterocycles. The van der Waals surface area contributed by atoms with Gasteiger partial charge in [0, 0.05) is 32.2 Å². The van der Waals surface area contributed by atoms with Gasteiger partial charge in [0.1, 0.15) is 5.69 Å². The minimum Gasteiger partial charge on any atom is -0.450 e. The smallest absolute Gasteiger partial charge is 0.409 e. The van der Waals surface area contributed by atoms with Crippen LogP contribution in [-0.2, 0) is 4.74 Å². The lowest BCUT2D eigenvalue weighted by molar-refractivity contribution is -0.383. The number of nitrogens with one attached hydrogen (secondary N) is 1. The monoisotopic (exact) mass is 366 g/mol. The fourth-order valence-electron chi connectivity index (χ4n) is 2.76. The van der Waals surface area contributed by atoms with Gasteiger partial charge >= 0.3 is 6.09 Å². The highest BCUT2D eigenvalue weighted by Gasteiger charge is 2.27. The molecule has 0 aliphatic carbocycles. The van der Waals surface area contributed by atoms with Crippen LogP contribution in [0.3, 0.4) is 0 Å². The van der Waals surface area contributed by atoms with E-state index >= 15 is 0 Å². The number of para-hydroxylation sites is 2. The molecule has 0 unspecified atom stereocenters. The third-order valence-electron chi connectivity index (χ3n) is 4.20. The SMILES string of the molecule is CCOC(=O)N1CCC(N(C)C(=S)Nc2ccccc2[N+](=O)[O-])CC1. The van der Waals surface area contributed by atoms with Crippen LogP contribution in [0.5, 0.6) is 0 Å². The fraction of sp³-hybridized carbons (Fsp3) is 0.500. The molecule has 1 aromatic rings. The van der Waals surface area contributed by atoms with Gasteiger partial charge in [0.2, 0.25) is 0 Å². The van der Waals surface area contributed by atoms with E-state index in [-0.39, 0.29) is 17.8 Å². The number of carbonyl (C=O) groups is 1. The molecular weight excluding hydrogens is 344 g/mol. The quantitative estimate of drug-likeness (QED) is 0.498. The molecule has 1 aliphatic rings. The molecule has 0 atom stereocenters. The number of nitro groups is 1. The molecular formula is C16H22N4O4S. The molecule has 0 saturated carbocycles. The first kappa shape index (κ1) is 18.9. The second-order valence-electron chi connectivity index (χ2n) is 5.73. The van der Waals surface area contributed by atoms with Crippen LogP contribution in [0.2, 0.25) is 0 Å². The number of piperidine rings is 1. The van der Waals surface area contributed by atoms with Gasteiger partial charge in [-0.25, -0.2) is 4.79 Å². The van der Waals surface area contributed by atoms with Crippen molar-refractivity contribution in [3.63, 3.8) is 0 Å². The van der Waals surface area contributed by atoms with E-state index in [1.165, 1.54) is 6.07 Å². The van der Waals surface area contributed by atoms with Crippen LogP contribution in [0.1, 0.15) is 19.8 Å². The molecule has 0 radical (unpaired) electrons. The Hall–Kier alpha value is -2.42. The summed E-state index contributed by atoms with van der Waals surface area (Å²) >= 11 is 5.40. The van der Waals surface area contributed by atoms with Gasteiger partial charge in [-0.1, -0.05) is 12.1 Å². The van der Waals surface area contributed by atoms with Crippen LogP contribution in [0, 0.1) is 10.1 Å².